The summed E-state index contributed by atoms with van der Waals surface area (Å²) in [5.41, 5.74) is 8.58. The predicted octanol–water partition coefficient (Wildman–Crippen LogP) is 3.13. The topological polar surface area (TPSA) is 91.0 Å². The number of pyridine rings is 1. The van der Waals surface area contributed by atoms with Gasteiger partial charge in [0.25, 0.3) is 5.89 Å². The van der Waals surface area contributed by atoms with Crippen molar-refractivity contribution in [2.45, 2.75) is 0 Å². The monoisotopic (exact) mass is 278 g/mol. The standard InChI is InChI=1S/C15H10N4O2/c16-12-7-17-6-5-10(12)15-18-14(19-21-15)11-8-20-13-4-2-1-3-9(11)13/h1-8H,16H2. The lowest BCUT2D eigenvalue weighted by Crippen LogP contribution is -1.90. The molecule has 0 saturated heterocycles. The van der Waals surface area contributed by atoms with Crippen LogP contribution in [0.2, 0.25) is 0 Å². The van der Waals surface area contributed by atoms with Crippen LogP contribution in [-0.2, 0) is 0 Å². The van der Waals surface area contributed by atoms with Crippen molar-refractivity contribution in [2.24, 2.45) is 0 Å². The molecule has 0 amide bonds. The molecule has 0 saturated carbocycles. The van der Waals surface area contributed by atoms with Gasteiger partial charge in [-0.15, -0.1) is 0 Å². The van der Waals surface area contributed by atoms with Gasteiger partial charge < -0.3 is 14.7 Å². The molecule has 0 aliphatic carbocycles. The highest BCUT2D eigenvalue weighted by molar-refractivity contribution is 5.92. The van der Waals surface area contributed by atoms with Crippen LogP contribution in [0.3, 0.4) is 0 Å². The van der Waals surface area contributed by atoms with E-state index in [9.17, 15) is 0 Å². The van der Waals surface area contributed by atoms with Crippen LogP contribution < -0.4 is 5.73 Å². The van der Waals surface area contributed by atoms with Crippen molar-refractivity contribution in [3.63, 3.8) is 0 Å². The summed E-state index contributed by atoms with van der Waals surface area (Å²) in [6.07, 6.45) is 4.80. The van der Waals surface area contributed by atoms with E-state index in [1.54, 1.807) is 24.7 Å². The zero-order chi connectivity index (χ0) is 14.2. The smallest absolute Gasteiger partial charge is 0.260 e. The Morgan fingerprint density at radius 2 is 1.95 bits per heavy atom. The van der Waals surface area contributed by atoms with Crippen molar-refractivity contribution in [1.29, 1.82) is 0 Å². The second-order valence-electron chi connectivity index (χ2n) is 4.53. The van der Waals surface area contributed by atoms with Gasteiger partial charge in [0.2, 0.25) is 5.82 Å². The van der Waals surface area contributed by atoms with Gasteiger partial charge in [-0.2, -0.15) is 4.98 Å². The van der Waals surface area contributed by atoms with Crippen molar-refractivity contribution in [1.82, 2.24) is 15.1 Å². The van der Waals surface area contributed by atoms with E-state index < -0.39 is 0 Å². The number of fused-ring (bicyclic) bond motifs is 1. The van der Waals surface area contributed by atoms with Gasteiger partial charge >= 0.3 is 0 Å². The van der Waals surface area contributed by atoms with Crippen LogP contribution in [0.1, 0.15) is 0 Å². The van der Waals surface area contributed by atoms with Crippen LogP contribution in [0.25, 0.3) is 33.8 Å². The average molecular weight is 278 g/mol. The van der Waals surface area contributed by atoms with Crippen molar-refractivity contribution in [2.75, 3.05) is 5.73 Å². The molecule has 3 heterocycles. The number of hydrogen-bond donors (Lipinski definition) is 1. The number of para-hydroxylation sites is 1. The van der Waals surface area contributed by atoms with E-state index in [0.717, 1.165) is 16.5 Å². The number of nitrogen functional groups attached to an aromatic ring is 1. The molecule has 0 atom stereocenters. The Balaban J connectivity index is 1.83. The molecule has 0 bridgehead atoms. The lowest BCUT2D eigenvalue weighted by Gasteiger charge is -1.97. The molecule has 3 aromatic heterocycles. The van der Waals surface area contributed by atoms with E-state index >= 15 is 0 Å². The predicted molar refractivity (Wildman–Crippen MR) is 77.1 cm³/mol. The molecule has 21 heavy (non-hydrogen) atoms. The largest absolute Gasteiger partial charge is 0.464 e. The zero-order valence-electron chi connectivity index (χ0n) is 10.9. The maximum atomic E-state index is 5.86. The molecule has 4 rings (SSSR count). The quantitative estimate of drug-likeness (QED) is 0.605. The molecule has 2 N–H and O–H groups in total. The van der Waals surface area contributed by atoms with Gasteiger partial charge in [-0.3, -0.25) is 4.98 Å². The van der Waals surface area contributed by atoms with Crippen LogP contribution in [0, 0.1) is 0 Å². The second-order valence-corrected chi connectivity index (χ2v) is 4.53. The van der Waals surface area contributed by atoms with E-state index in [1.807, 2.05) is 24.3 Å². The van der Waals surface area contributed by atoms with E-state index in [1.165, 1.54) is 0 Å². The fourth-order valence-electron chi connectivity index (χ4n) is 2.19. The number of rotatable bonds is 2. The number of furan rings is 1. The van der Waals surface area contributed by atoms with Crippen LogP contribution in [-0.4, -0.2) is 15.1 Å². The Bertz CT molecular complexity index is 926. The van der Waals surface area contributed by atoms with Crippen LogP contribution in [0.5, 0.6) is 0 Å². The Labute approximate surface area is 119 Å². The Hall–Kier alpha value is -3.15. The first kappa shape index (κ1) is 11.7. The molecule has 0 aliphatic heterocycles. The number of anilines is 1. The van der Waals surface area contributed by atoms with Gasteiger partial charge in [0.15, 0.2) is 0 Å². The highest BCUT2D eigenvalue weighted by Crippen LogP contribution is 2.31. The minimum absolute atomic E-state index is 0.357. The molecular formula is C15H10N4O2. The van der Waals surface area contributed by atoms with Crippen molar-refractivity contribution < 1.29 is 8.94 Å². The maximum absolute atomic E-state index is 5.86. The molecule has 0 fully saturated rings. The van der Waals surface area contributed by atoms with Gasteiger partial charge in [0.1, 0.15) is 11.8 Å². The summed E-state index contributed by atoms with van der Waals surface area (Å²) in [5.74, 6) is 0.821. The Kier molecular flexibility index (Phi) is 2.47. The van der Waals surface area contributed by atoms with E-state index in [0.29, 0.717) is 23.0 Å². The van der Waals surface area contributed by atoms with Crippen LogP contribution >= 0.6 is 0 Å². The number of hydrogen-bond acceptors (Lipinski definition) is 6. The highest BCUT2D eigenvalue weighted by Gasteiger charge is 2.16. The van der Waals surface area contributed by atoms with E-state index in [2.05, 4.69) is 15.1 Å². The number of aromatic nitrogens is 3. The zero-order valence-corrected chi connectivity index (χ0v) is 10.9. The molecule has 0 spiro atoms. The minimum Gasteiger partial charge on any atom is -0.464 e. The van der Waals surface area contributed by atoms with Crippen LogP contribution in [0.15, 0.2) is 57.9 Å². The van der Waals surface area contributed by atoms with Gasteiger partial charge in [0.05, 0.1) is 23.0 Å². The summed E-state index contributed by atoms with van der Waals surface area (Å²) in [6.45, 7) is 0. The summed E-state index contributed by atoms with van der Waals surface area (Å²) < 4.78 is 10.8. The van der Waals surface area contributed by atoms with Gasteiger partial charge in [0, 0.05) is 11.6 Å². The molecule has 4 aromatic rings. The number of nitrogens with zero attached hydrogens (tertiary/aromatic N) is 3. The van der Waals surface area contributed by atoms with Crippen LogP contribution in [0.4, 0.5) is 5.69 Å². The number of benzene rings is 1. The van der Waals surface area contributed by atoms with Crippen molar-refractivity contribution >= 4 is 16.7 Å². The third kappa shape index (κ3) is 1.85. The van der Waals surface area contributed by atoms with Gasteiger partial charge in [-0.1, -0.05) is 23.4 Å². The summed E-state index contributed by atoms with van der Waals surface area (Å²) in [7, 11) is 0. The molecule has 102 valence electrons. The highest BCUT2D eigenvalue weighted by atomic mass is 16.5. The molecule has 6 heteroatoms. The summed E-state index contributed by atoms with van der Waals surface area (Å²) in [4.78, 5) is 8.33. The fraction of sp³-hybridized carbons (Fsp3) is 0. The Morgan fingerprint density at radius 3 is 2.86 bits per heavy atom. The van der Waals surface area contributed by atoms with Crippen molar-refractivity contribution in [3.8, 4) is 22.8 Å². The maximum Gasteiger partial charge on any atom is 0.260 e. The fourth-order valence-corrected chi connectivity index (χ4v) is 2.19. The molecular weight excluding hydrogens is 268 g/mol. The first-order valence-electron chi connectivity index (χ1n) is 6.33. The first-order valence-corrected chi connectivity index (χ1v) is 6.33. The van der Waals surface area contributed by atoms with E-state index in [-0.39, 0.29) is 0 Å². The average Bonchev–Trinajstić information content (AvgIpc) is 3.14. The lowest BCUT2D eigenvalue weighted by molar-refractivity contribution is 0.432. The first-order chi connectivity index (χ1) is 10.3. The lowest BCUT2D eigenvalue weighted by atomic mass is 10.1. The summed E-state index contributed by atoms with van der Waals surface area (Å²) >= 11 is 0. The molecule has 6 nitrogen and oxygen atoms in total. The summed E-state index contributed by atoms with van der Waals surface area (Å²) in [6, 6.07) is 9.42. The second kappa shape index (κ2) is 4.45. The third-order valence-corrected chi connectivity index (χ3v) is 3.23. The normalized spacial score (nSPS) is 11.0. The molecule has 1 aromatic carbocycles. The van der Waals surface area contributed by atoms with Gasteiger partial charge in [-0.05, 0) is 12.1 Å². The van der Waals surface area contributed by atoms with E-state index in [4.69, 9.17) is 14.7 Å². The number of nitrogens with two attached hydrogens (primary N) is 1. The summed E-state index contributed by atoms with van der Waals surface area (Å²) in [5, 5.41) is 4.94. The van der Waals surface area contributed by atoms with Gasteiger partial charge in [-0.25, -0.2) is 0 Å². The minimum atomic E-state index is 0.357. The van der Waals surface area contributed by atoms with Crippen molar-refractivity contribution in [3.05, 3.63) is 49.0 Å². The molecule has 0 unspecified atom stereocenters. The SMILES string of the molecule is Nc1cnccc1-c1nc(-c2coc3ccccc23)no1. The Morgan fingerprint density at radius 1 is 1.05 bits per heavy atom. The molecule has 0 radical (unpaired) electrons. The third-order valence-electron chi connectivity index (χ3n) is 3.23. The molecule has 0 aliphatic rings.